The summed E-state index contributed by atoms with van der Waals surface area (Å²) in [6.07, 6.45) is 3.19. The molecular weight excluding hydrogens is 520 g/mol. The zero-order chi connectivity index (χ0) is 26.6. The topological polar surface area (TPSA) is 118 Å². The monoisotopic (exact) mass is 544 g/mol. The van der Waals surface area contributed by atoms with Crippen LogP contribution in [0, 0.1) is 0 Å². The van der Waals surface area contributed by atoms with Crippen molar-refractivity contribution in [2.24, 2.45) is 0 Å². The number of carbonyl (C=O) groups excluding carboxylic acids is 1. The van der Waals surface area contributed by atoms with Gasteiger partial charge in [0, 0.05) is 57.4 Å². The van der Waals surface area contributed by atoms with E-state index in [9.17, 15) is 9.59 Å². The molecule has 0 radical (unpaired) electrons. The molecule has 0 saturated carbocycles. The number of hydrogen-bond donors (Lipinski definition) is 4. The molecule has 0 fully saturated rings. The molecule has 0 atom stereocenters. The summed E-state index contributed by atoms with van der Waals surface area (Å²) >= 11 is 7.61. The highest BCUT2D eigenvalue weighted by Crippen LogP contribution is 2.36. The molecule has 3 aromatic heterocycles. The van der Waals surface area contributed by atoms with Crippen molar-refractivity contribution in [3.63, 3.8) is 0 Å². The van der Waals surface area contributed by atoms with Crippen LogP contribution < -0.4 is 21.3 Å². The number of amides is 1. The number of carbonyl (C=O) groups is 1. The Labute approximate surface area is 228 Å². The lowest BCUT2D eigenvalue weighted by molar-refractivity contribution is 0.0977. The molecule has 0 spiro atoms. The Morgan fingerprint density at radius 1 is 1.11 bits per heavy atom. The van der Waals surface area contributed by atoms with Crippen LogP contribution >= 0.6 is 23.5 Å². The van der Waals surface area contributed by atoms with Gasteiger partial charge in [0.15, 0.2) is 0 Å². The second-order valence-electron chi connectivity index (χ2n) is 8.68. The van der Waals surface area contributed by atoms with Crippen molar-refractivity contribution in [3.8, 4) is 11.1 Å². The van der Waals surface area contributed by atoms with Gasteiger partial charge in [-0.05, 0) is 84.7 Å². The SMILES string of the molecule is CNCc1cccc(SNC(=O)c2c(-c3ccc[nH]c3=O)c3cc(Cl)ccc3n2Cc2ccnc(N)c2)c1. The lowest BCUT2D eigenvalue weighted by Gasteiger charge is -2.13. The van der Waals surface area contributed by atoms with E-state index in [2.05, 4.69) is 20.0 Å². The Kier molecular flexibility index (Phi) is 7.50. The molecule has 10 heteroatoms. The number of aromatic amines is 1. The quantitative estimate of drug-likeness (QED) is 0.208. The maximum atomic E-state index is 13.9. The maximum Gasteiger partial charge on any atom is 0.278 e. The van der Waals surface area contributed by atoms with Crippen LogP contribution in [-0.2, 0) is 13.1 Å². The van der Waals surface area contributed by atoms with Crippen LogP contribution in [-0.4, -0.2) is 27.5 Å². The number of aromatic nitrogens is 3. The number of benzene rings is 2. The summed E-state index contributed by atoms with van der Waals surface area (Å²) < 4.78 is 4.87. The fourth-order valence-corrected chi connectivity index (χ4v) is 5.31. The van der Waals surface area contributed by atoms with Gasteiger partial charge in [-0.25, -0.2) is 4.98 Å². The average molecular weight is 545 g/mol. The van der Waals surface area contributed by atoms with Gasteiger partial charge in [-0.3, -0.25) is 14.3 Å². The van der Waals surface area contributed by atoms with Crippen LogP contribution in [0.1, 0.15) is 21.6 Å². The first-order valence-electron chi connectivity index (χ1n) is 11.9. The van der Waals surface area contributed by atoms with Crippen LogP contribution in [0.25, 0.3) is 22.0 Å². The highest BCUT2D eigenvalue weighted by atomic mass is 35.5. The molecule has 5 rings (SSSR count). The molecule has 0 bridgehead atoms. The number of hydrogen-bond acceptors (Lipinski definition) is 6. The minimum atomic E-state index is -0.346. The predicted octanol–water partition coefficient (Wildman–Crippen LogP) is 4.83. The Hall–Kier alpha value is -4.05. The minimum Gasteiger partial charge on any atom is -0.384 e. The number of pyridine rings is 2. The Balaban J connectivity index is 1.66. The summed E-state index contributed by atoms with van der Waals surface area (Å²) in [6.45, 7) is 1.05. The Morgan fingerprint density at radius 2 is 1.97 bits per heavy atom. The Bertz CT molecular complexity index is 1700. The van der Waals surface area contributed by atoms with Gasteiger partial charge in [-0.15, -0.1) is 0 Å². The predicted molar refractivity (Wildman–Crippen MR) is 153 cm³/mol. The third-order valence-electron chi connectivity index (χ3n) is 6.06. The molecule has 2 aromatic carbocycles. The minimum absolute atomic E-state index is 0.304. The number of nitrogens with zero attached hydrogens (tertiary/aromatic N) is 2. The lowest BCUT2D eigenvalue weighted by atomic mass is 10.0. The van der Waals surface area contributed by atoms with Crippen molar-refractivity contribution in [2.75, 3.05) is 12.8 Å². The number of rotatable bonds is 8. The molecule has 3 heterocycles. The summed E-state index contributed by atoms with van der Waals surface area (Å²) in [4.78, 5) is 34.6. The maximum absolute atomic E-state index is 13.9. The lowest BCUT2D eigenvalue weighted by Crippen LogP contribution is -2.22. The van der Waals surface area contributed by atoms with E-state index in [1.165, 1.54) is 11.9 Å². The number of fused-ring (bicyclic) bond motifs is 1. The molecule has 0 aliphatic carbocycles. The first-order valence-corrected chi connectivity index (χ1v) is 13.0. The van der Waals surface area contributed by atoms with Crippen molar-refractivity contribution in [2.45, 2.75) is 18.0 Å². The average Bonchev–Trinajstić information content (AvgIpc) is 3.21. The van der Waals surface area contributed by atoms with Crippen LogP contribution in [0.15, 0.2) is 88.8 Å². The molecule has 0 unspecified atom stereocenters. The fourth-order valence-electron chi connectivity index (χ4n) is 4.47. The van der Waals surface area contributed by atoms with Crippen molar-refractivity contribution in [3.05, 3.63) is 111 Å². The van der Waals surface area contributed by atoms with Crippen LogP contribution in [0.2, 0.25) is 5.02 Å². The summed E-state index contributed by atoms with van der Waals surface area (Å²) in [7, 11) is 1.88. The van der Waals surface area contributed by atoms with E-state index in [0.29, 0.717) is 46.1 Å². The number of halogens is 1. The van der Waals surface area contributed by atoms with Gasteiger partial charge in [0.1, 0.15) is 11.5 Å². The molecule has 0 aliphatic heterocycles. The number of anilines is 1. The summed E-state index contributed by atoms with van der Waals surface area (Å²) in [5.74, 6) is 0.0337. The number of nitrogens with two attached hydrogens (primary N) is 1. The van der Waals surface area contributed by atoms with Gasteiger partial charge < -0.3 is 20.6 Å². The van der Waals surface area contributed by atoms with Gasteiger partial charge >= 0.3 is 0 Å². The van der Waals surface area contributed by atoms with Gasteiger partial charge in [0.05, 0.1) is 0 Å². The zero-order valence-electron chi connectivity index (χ0n) is 20.5. The Morgan fingerprint density at radius 3 is 2.76 bits per heavy atom. The van der Waals surface area contributed by atoms with E-state index in [1.54, 1.807) is 42.7 Å². The molecular formula is C28H25ClN6O2S. The first-order chi connectivity index (χ1) is 18.4. The van der Waals surface area contributed by atoms with E-state index in [1.807, 2.05) is 48.0 Å². The van der Waals surface area contributed by atoms with E-state index in [-0.39, 0.29) is 11.5 Å². The zero-order valence-corrected chi connectivity index (χ0v) is 22.1. The molecule has 1 amide bonds. The summed E-state index contributed by atoms with van der Waals surface area (Å²) in [5, 5.41) is 4.33. The van der Waals surface area contributed by atoms with E-state index >= 15 is 0 Å². The van der Waals surface area contributed by atoms with Gasteiger partial charge in [-0.2, -0.15) is 0 Å². The first kappa shape index (κ1) is 25.6. The standard InChI is InChI=1S/C28H25ClN6O2S/c1-31-15-17-4-2-5-20(12-17)38-34-28(37)26-25(21-6-3-10-33-27(21)36)22-14-19(29)7-8-23(22)35(26)16-18-9-11-32-24(30)13-18/h2-14,31H,15-16H2,1H3,(H2,30,32)(H,33,36)(H,34,37). The molecule has 38 heavy (non-hydrogen) atoms. The summed E-state index contributed by atoms with van der Waals surface area (Å²) in [5.41, 5.74) is 9.57. The van der Waals surface area contributed by atoms with E-state index < -0.39 is 0 Å². The molecule has 0 saturated heterocycles. The van der Waals surface area contributed by atoms with Gasteiger partial charge in [0.2, 0.25) is 0 Å². The van der Waals surface area contributed by atoms with Crippen LogP contribution in [0.4, 0.5) is 5.82 Å². The van der Waals surface area contributed by atoms with E-state index in [4.69, 9.17) is 17.3 Å². The summed E-state index contributed by atoms with van der Waals surface area (Å²) in [6, 6.07) is 20.4. The van der Waals surface area contributed by atoms with Gasteiger partial charge in [0.25, 0.3) is 11.5 Å². The molecule has 5 aromatic rings. The molecule has 0 aliphatic rings. The van der Waals surface area contributed by atoms with Crippen LogP contribution in [0.3, 0.4) is 0 Å². The van der Waals surface area contributed by atoms with Gasteiger partial charge in [-0.1, -0.05) is 23.7 Å². The van der Waals surface area contributed by atoms with E-state index in [0.717, 1.165) is 21.5 Å². The third-order valence-corrected chi connectivity index (χ3v) is 7.07. The highest BCUT2D eigenvalue weighted by molar-refractivity contribution is 7.98. The van der Waals surface area contributed by atoms with Crippen molar-refractivity contribution >= 4 is 46.2 Å². The third kappa shape index (κ3) is 5.31. The second-order valence-corrected chi connectivity index (χ2v) is 10.0. The normalized spacial score (nSPS) is 11.1. The number of nitrogens with one attached hydrogen (secondary N) is 3. The molecule has 192 valence electrons. The highest BCUT2D eigenvalue weighted by Gasteiger charge is 2.26. The van der Waals surface area contributed by atoms with Crippen molar-refractivity contribution in [1.82, 2.24) is 24.6 Å². The largest absolute Gasteiger partial charge is 0.384 e. The number of H-pyrrole nitrogens is 1. The van der Waals surface area contributed by atoms with Crippen molar-refractivity contribution < 1.29 is 4.79 Å². The van der Waals surface area contributed by atoms with Crippen molar-refractivity contribution in [1.29, 1.82) is 0 Å². The molecule has 8 nitrogen and oxygen atoms in total. The smallest absolute Gasteiger partial charge is 0.278 e. The second kappa shape index (κ2) is 11.1. The fraction of sp³-hybridized carbons (Fsp3) is 0.107. The van der Waals surface area contributed by atoms with Crippen LogP contribution in [0.5, 0.6) is 0 Å². The molecule has 5 N–H and O–H groups in total. The number of nitrogen functional groups attached to an aromatic ring is 1.